The lowest BCUT2D eigenvalue weighted by molar-refractivity contribution is 0.185. The summed E-state index contributed by atoms with van der Waals surface area (Å²) in [4.78, 5) is 2.47. The summed E-state index contributed by atoms with van der Waals surface area (Å²) in [6.07, 6.45) is 0.928. The molecular formula is C14H22N2O. The van der Waals surface area contributed by atoms with Gasteiger partial charge in [0.25, 0.3) is 0 Å². The zero-order valence-electron chi connectivity index (χ0n) is 10.5. The molecule has 0 saturated carbocycles. The molecule has 0 spiro atoms. The molecule has 0 bridgehead atoms. The number of nitrogens with zero attached hydrogens (tertiary/aromatic N) is 1. The Kier molecular flexibility index (Phi) is 4.54. The first kappa shape index (κ1) is 12.6. The summed E-state index contributed by atoms with van der Waals surface area (Å²) in [6, 6.07) is 11.1. The standard InChI is InChI=1S/C14H22N2O/c1-12(17)9-15-14-7-8-16(11-14)10-13-5-3-2-4-6-13/h2-6,12,14-15,17H,7-11H2,1H3/t12-,14+/m0/s1. The van der Waals surface area contributed by atoms with E-state index in [4.69, 9.17) is 0 Å². The van der Waals surface area contributed by atoms with Crippen molar-refractivity contribution in [3.8, 4) is 0 Å². The van der Waals surface area contributed by atoms with Crippen molar-refractivity contribution in [2.75, 3.05) is 19.6 Å². The summed E-state index contributed by atoms with van der Waals surface area (Å²) in [5.74, 6) is 0. The van der Waals surface area contributed by atoms with E-state index < -0.39 is 0 Å². The van der Waals surface area contributed by atoms with Gasteiger partial charge in [-0.25, -0.2) is 0 Å². The van der Waals surface area contributed by atoms with Crippen LogP contribution in [-0.4, -0.2) is 41.8 Å². The first-order chi connectivity index (χ1) is 8.24. The monoisotopic (exact) mass is 234 g/mol. The molecule has 3 nitrogen and oxygen atoms in total. The first-order valence-corrected chi connectivity index (χ1v) is 6.42. The smallest absolute Gasteiger partial charge is 0.0636 e. The van der Waals surface area contributed by atoms with Crippen molar-refractivity contribution < 1.29 is 5.11 Å². The van der Waals surface area contributed by atoms with Gasteiger partial charge in [-0.15, -0.1) is 0 Å². The predicted octanol–water partition coefficient (Wildman–Crippen LogP) is 1.23. The van der Waals surface area contributed by atoms with Gasteiger partial charge in [0.1, 0.15) is 0 Å². The maximum Gasteiger partial charge on any atom is 0.0636 e. The number of rotatable bonds is 5. The van der Waals surface area contributed by atoms with E-state index in [0.29, 0.717) is 12.6 Å². The lowest BCUT2D eigenvalue weighted by Crippen LogP contribution is -2.36. The Hall–Kier alpha value is -0.900. The molecule has 17 heavy (non-hydrogen) atoms. The van der Waals surface area contributed by atoms with Crippen LogP contribution >= 0.6 is 0 Å². The van der Waals surface area contributed by atoms with Gasteiger partial charge in [0.2, 0.25) is 0 Å². The summed E-state index contributed by atoms with van der Waals surface area (Å²) in [5, 5.41) is 12.6. The van der Waals surface area contributed by atoms with E-state index >= 15 is 0 Å². The maximum absolute atomic E-state index is 9.24. The van der Waals surface area contributed by atoms with Crippen LogP contribution in [0.3, 0.4) is 0 Å². The Balaban J connectivity index is 1.74. The average molecular weight is 234 g/mol. The summed E-state index contributed by atoms with van der Waals surface area (Å²) >= 11 is 0. The minimum atomic E-state index is -0.252. The number of aliphatic hydroxyl groups is 1. The number of nitrogens with one attached hydrogen (secondary N) is 1. The molecular weight excluding hydrogens is 212 g/mol. The van der Waals surface area contributed by atoms with E-state index in [1.54, 1.807) is 0 Å². The summed E-state index contributed by atoms with van der Waals surface area (Å²) in [7, 11) is 0. The van der Waals surface area contributed by atoms with Gasteiger partial charge in [-0.05, 0) is 18.9 Å². The second-order valence-corrected chi connectivity index (χ2v) is 4.96. The van der Waals surface area contributed by atoms with E-state index in [9.17, 15) is 5.11 Å². The number of aliphatic hydroxyl groups excluding tert-OH is 1. The molecule has 2 atom stereocenters. The molecule has 1 aliphatic heterocycles. The van der Waals surface area contributed by atoms with Gasteiger partial charge in [0.05, 0.1) is 6.10 Å². The zero-order valence-corrected chi connectivity index (χ0v) is 10.5. The highest BCUT2D eigenvalue weighted by Gasteiger charge is 2.21. The van der Waals surface area contributed by atoms with E-state index in [1.807, 2.05) is 6.92 Å². The molecule has 1 heterocycles. The highest BCUT2D eigenvalue weighted by molar-refractivity contribution is 5.14. The Morgan fingerprint density at radius 1 is 1.41 bits per heavy atom. The number of hydrogen-bond acceptors (Lipinski definition) is 3. The van der Waals surface area contributed by atoms with Crippen molar-refractivity contribution in [1.82, 2.24) is 10.2 Å². The van der Waals surface area contributed by atoms with Gasteiger partial charge in [0.15, 0.2) is 0 Å². The molecule has 0 radical (unpaired) electrons. The number of hydrogen-bond donors (Lipinski definition) is 2. The van der Waals surface area contributed by atoms with E-state index in [1.165, 1.54) is 12.0 Å². The van der Waals surface area contributed by atoms with Crippen LogP contribution in [0.1, 0.15) is 18.9 Å². The molecule has 3 heteroatoms. The normalized spacial score (nSPS) is 22.8. The van der Waals surface area contributed by atoms with E-state index in [2.05, 4.69) is 40.5 Å². The second-order valence-electron chi connectivity index (χ2n) is 4.96. The van der Waals surface area contributed by atoms with Crippen molar-refractivity contribution in [3.05, 3.63) is 35.9 Å². The minimum absolute atomic E-state index is 0.252. The Bertz CT molecular complexity index is 326. The van der Waals surface area contributed by atoms with Crippen LogP contribution in [-0.2, 0) is 6.54 Å². The van der Waals surface area contributed by atoms with Crippen molar-refractivity contribution >= 4 is 0 Å². The van der Waals surface area contributed by atoms with E-state index in [-0.39, 0.29) is 6.10 Å². The summed E-state index contributed by atoms with van der Waals surface area (Å²) < 4.78 is 0. The molecule has 2 rings (SSSR count). The molecule has 1 aliphatic rings. The molecule has 1 aromatic rings. The molecule has 0 amide bonds. The third-order valence-corrected chi connectivity index (χ3v) is 3.22. The van der Waals surface area contributed by atoms with Gasteiger partial charge in [-0.1, -0.05) is 30.3 Å². The molecule has 1 aromatic carbocycles. The van der Waals surface area contributed by atoms with Crippen molar-refractivity contribution in [2.45, 2.75) is 32.0 Å². The largest absolute Gasteiger partial charge is 0.392 e. The molecule has 0 unspecified atom stereocenters. The quantitative estimate of drug-likeness (QED) is 0.804. The molecule has 0 aromatic heterocycles. The highest BCUT2D eigenvalue weighted by Crippen LogP contribution is 2.13. The third-order valence-electron chi connectivity index (χ3n) is 3.22. The number of likely N-dealkylation sites (tertiary alicyclic amines) is 1. The Morgan fingerprint density at radius 3 is 2.88 bits per heavy atom. The van der Waals surface area contributed by atoms with Gasteiger partial charge in [-0.3, -0.25) is 4.90 Å². The SMILES string of the molecule is C[C@H](O)CN[C@@H]1CCN(Cc2ccccc2)C1. The molecule has 94 valence electrons. The zero-order chi connectivity index (χ0) is 12.1. The van der Waals surface area contributed by atoms with Gasteiger partial charge in [-0.2, -0.15) is 0 Å². The van der Waals surface area contributed by atoms with Crippen LogP contribution < -0.4 is 5.32 Å². The fourth-order valence-corrected chi connectivity index (χ4v) is 2.32. The van der Waals surface area contributed by atoms with Gasteiger partial charge >= 0.3 is 0 Å². The minimum Gasteiger partial charge on any atom is -0.392 e. The van der Waals surface area contributed by atoms with Crippen molar-refractivity contribution in [1.29, 1.82) is 0 Å². The Labute approximate surface area is 103 Å². The molecule has 2 N–H and O–H groups in total. The highest BCUT2D eigenvalue weighted by atomic mass is 16.3. The maximum atomic E-state index is 9.24. The second kappa shape index (κ2) is 6.15. The first-order valence-electron chi connectivity index (χ1n) is 6.42. The van der Waals surface area contributed by atoms with Crippen LogP contribution in [0.2, 0.25) is 0 Å². The van der Waals surface area contributed by atoms with Gasteiger partial charge < -0.3 is 10.4 Å². The van der Waals surface area contributed by atoms with Crippen LogP contribution in [0, 0.1) is 0 Å². The predicted molar refractivity (Wildman–Crippen MR) is 69.8 cm³/mol. The lowest BCUT2D eigenvalue weighted by Gasteiger charge is -2.17. The number of benzene rings is 1. The topological polar surface area (TPSA) is 35.5 Å². The van der Waals surface area contributed by atoms with Crippen LogP contribution in [0.25, 0.3) is 0 Å². The summed E-state index contributed by atoms with van der Waals surface area (Å²) in [5.41, 5.74) is 1.38. The molecule has 1 saturated heterocycles. The van der Waals surface area contributed by atoms with Crippen LogP contribution in [0.4, 0.5) is 0 Å². The third kappa shape index (κ3) is 4.11. The molecule has 0 aliphatic carbocycles. The Morgan fingerprint density at radius 2 is 2.18 bits per heavy atom. The molecule has 1 fully saturated rings. The fraction of sp³-hybridized carbons (Fsp3) is 0.571. The van der Waals surface area contributed by atoms with Gasteiger partial charge in [0, 0.05) is 32.2 Å². The average Bonchev–Trinajstić information content (AvgIpc) is 2.75. The van der Waals surface area contributed by atoms with Crippen LogP contribution in [0.15, 0.2) is 30.3 Å². The van der Waals surface area contributed by atoms with E-state index in [0.717, 1.165) is 19.6 Å². The van der Waals surface area contributed by atoms with Crippen molar-refractivity contribution in [2.24, 2.45) is 0 Å². The fourth-order valence-electron chi connectivity index (χ4n) is 2.32. The van der Waals surface area contributed by atoms with Crippen LogP contribution in [0.5, 0.6) is 0 Å². The lowest BCUT2D eigenvalue weighted by atomic mass is 10.2. The summed E-state index contributed by atoms with van der Waals surface area (Å²) in [6.45, 7) is 5.79. The van der Waals surface area contributed by atoms with Crippen molar-refractivity contribution in [3.63, 3.8) is 0 Å².